The Hall–Kier alpha value is -0.0800. The number of Topliss-reactive ketones (excluding diaryl/α,β-unsaturated/α-hetero) is 1. The Labute approximate surface area is 65.2 Å². The average Bonchev–Trinajstić information content (AvgIpc) is 1.95. The maximum absolute atomic E-state index is 10.9. The van der Waals surface area contributed by atoms with Gasteiger partial charge >= 0.3 is 0 Å². The minimum atomic E-state index is -0.289. The third-order valence-corrected chi connectivity index (χ3v) is 2.39. The first-order valence-electron chi connectivity index (χ1n) is 3.51. The van der Waals surface area contributed by atoms with Crippen LogP contribution in [0.4, 0.5) is 0 Å². The molecule has 0 spiro atoms. The summed E-state index contributed by atoms with van der Waals surface area (Å²) in [5.74, 6) is 0.259. The van der Waals surface area contributed by atoms with Gasteiger partial charge in [-0.3, -0.25) is 4.79 Å². The Morgan fingerprint density at radius 1 is 1.60 bits per heavy atom. The van der Waals surface area contributed by atoms with Gasteiger partial charge in [0.15, 0.2) is 5.78 Å². The SMILES string of the molecule is O=C1CC(CO)CCC1Cl. The molecule has 0 saturated heterocycles. The number of aliphatic hydroxyl groups excluding tert-OH is 1. The standard InChI is InChI=1S/C7H11ClO2/c8-6-2-1-5(4-9)3-7(6)10/h5-6,9H,1-4H2. The second kappa shape index (κ2) is 3.35. The molecule has 1 fully saturated rings. The Bertz CT molecular complexity index is 136. The van der Waals surface area contributed by atoms with Crippen LogP contribution in [0.2, 0.25) is 0 Å². The van der Waals surface area contributed by atoms with Crippen molar-refractivity contribution in [2.45, 2.75) is 24.6 Å². The summed E-state index contributed by atoms with van der Waals surface area (Å²) in [5, 5.41) is 8.41. The molecule has 58 valence electrons. The first-order chi connectivity index (χ1) is 4.74. The van der Waals surface area contributed by atoms with E-state index in [0.717, 1.165) is 12.8 Å². The fourth-order valence-corrected chi connectivity index (χ4v) is 1.43. The first-order valence-corrected chi connectivity index (χ1v) is 3.95. The van der Waals surface area contributed by atoms with Crippen LogP contribution in [0.1, 0.15) is 19.3 Å². The molecule has 2 atom stereocenters. The Morgan fingerprint density at radius 3 is 2.80 bits per heavy atom. The topological polar surface area (TPSA) is 37.3 Å². The normalized spacial score (nSPS) is 34.4. The zero-order valence-corrected chi connectivity index (χ0v) is 6.47. The summed E-state index contributed by atoms with van der Waals surface area (Å²) < 4.78 is 0. The Balaban J connectivity index is 2.41. The van der Waals surface area contributed by atoms with E-state index in [0.29, 0.717) is 6.42 Å². The van der Waals surface area contributed by atoms with E-state index in [1.54, 1.807) is 0 Å². The molecule has 0 amide bonds. The van der Waals surface area contributed by atoms with Crippen LogP contribution in [0.25, 0.3) is 0 Å². The number of rotatable bonds is 1. The molecule has 0 aromatic heterocycles. The minimum absolute atomic E-state index is 0.0898. The van der Waals surface area contributed by atoms with Crippen molar-refractivity contribution in [3.05, 3.63) is 0 Å². The summed E-state index contributed by atoms with van der Waals surface area (Å²) in [6.07, 6.45) is 2.08. The maximum atomic E-state index is 10.9. The maximum Gasteiger partial charge on any atom is 0.151 e. The molecular formula is C7H11ClO2. The van der Waals surface area contributed by atoms with E-state index >= 15 is 0 Å². The number of ketones is 1. The summed E-state index contributed by atoms with van der Waals surface area (Å²) in [4.78, 5) is 10.9. The molecule has 1 N–H and O–H groups in total. The third kappa shape index (κ3) is 1.70. The van der Waals surface area contributed by atoms with Crippen LogP contribution in [-0.4, -0.2) is 22.9 Å². The van der Waals surface area contributed by atoms with Gasteiger partial charge < -0.3 is 5.11 Å². The molecule has 2 nitrogen and oxygen atoms in total. The highest BCUT2D eigenvalue weighted by Gasteiger charge is 2.25. The predicted molar refractivity (Wildman–Crippen MR) is 39.1 cm³/mol. The number of halogens is 1. The highest BCUT2D eigenvalue weighted by atomic mass is 35.5. The van der Waals surface area contributed by atoms with E-state index in [9.17, 15) is 4.79 Å². The predicted octanol–water partition coefficient (Wildman–Crippen LogP) is 0.955. The quantitative estimate of drug-likeness (QED) is 0.583. The first kappa shape index (κ1) is 8.02. The van der Waals surface area contributed by atoms with Gasteiger partial charge in [-0.1, -0.05) is 0 Å². The van der Waals surface area contributed by atoms with Gasteiger partial charge in [0.25, 0.3) is 0 Å². The second-order valence-corrected chi connectivity index (χ2v) is 3.29. The summed E-state index contributed by atoms with van der Waals surface area (Å²) in [6.45, 7) is 0.120. The van der Waals surface area contributed by atoms with E-state index in [1.165, 1.54) is 0 Å². The molecule has 1 aliphatic carbocycles. The molecule has 0 aromatic carbocycles. The van der Waals surface area contributed by atoms with Crippen LogP contribution in [0.5, 0.6) is 0 Å². The smallest absolute Gasteiger partial charge is 0.151 e. The molecule has 1 aliphatic rings. The Kier molecular flexibility index (Phi) is 2.69. The minimum Gasteiger partial charge on any atom is -0.396 e. The van der Waals surface area contributed by atoms with Gasteiger partial charge in [0.05, 0.1) is 5.38 Å². The van der Waals surface area contributed by atoms with Gasteiger partial charge in [-0.15, -0.1) is 11.6 Å². The van der Waals surface area contributed by atoms with E-state index in [2.05, 4.69) is 0 Å². The lowest BCUT2D eigenvalue weighted by Gasteiger charge is -2.21. The van der Waals surface area contributed by atoms with Crippen molar-refractivity contribution >= 4 is 17.4 Å². The van der Waals surface area contributed by atoms with Gasteiger partial charge in [-0.05, 0) is 18.8 Å². The lowest BCUT2D eigenvalue weighted by molar-refractivity contribution is -0.121. The third-order valence-electron chi connectivity index (χ3n) is 1.93. The van der Waals surface area contributed by atoms with E-state index in [1.807, 2.05) is 0 Å². The number of carbonyl (C=O) groups excluding carboxylic acids is 1. The van der Waals surface area contributed by atoms with Gasteiger partial charge in [0.2, 0.25) is 0 Å². The van der Waals surface area contributed by atoms with Crippen molar-refractivity contribution in [1.29, 1.82) is 0 Å². The lowest BCUT2D eigenvalue weighted by atomic mass is 9.89. The van der Waals surface area contributed by atoms with Crippen LogP contribution >= 0.6 is 11.6 Å². The van der Waals surface area contributed by atoms with E-state index in [4.69, 9.17) is 16.7 Å². The van der Waals surface area contributed by atoms with Crippen molar-refractivity contribution in [3.63, 3.8) is 0 Å². The van der Waals surface area contributed by atoms with Crippen LogP contribution in [0.15, 0.2) is 0 Å². The molecule has 2 unspecified atom stereocenters. The lowest BCUT2D eigenvalue weighted by Crippen LogP contribution is -2.26. The number of alkyl halides is 1. The van der Waals surface area contributed by atoms with Crippen molar-refractivity contribution in [2.24, 2.45) is 5.92 Å². The Morgan fingerprint density at radius 2 is 2.30 bits per heavy atom. The number of hydrogen-bond donors (Lipinski definition) is 1. The molecule has 1 saturated carbocycles. The van der Waals surface area contributed by atoms with Gasteiger partial charge in [-0.25, -0.2) is 0 Å². The van der Waals surface area contributed by atoms with Crippen molar-refractivity contribution in [2.75, 3.05) is 6.61 Å². The second-order valence-electron chi connectivity index (χ2n) is 2.76. The average molecular weight is 163 g/mol. The van der Waals surface area contributed by atoms with Crippen LogP contribution in [0.3, 0.4) is 0 Å². The summed E-state index contributed by atoms with van der Waals surface area (Å²) in [5.41, 5.74) is 0. The van der Waals surface area contributed by atoms with Gasteiger partial charge in [-0.2, -0.15) is 0 Å². The van der Waals surface area contributed by atoms with Crippen molar-refractivity contribution in [1.82, 2.24) is 0 Å². The molecular weight excluding hydrogens is 152 g/mol. The molecule has 1 rings (SSSR count). The molecule has 0 radical (unpaired) electrons. The zero-order valence-electron chi connectivity index (χ0n) is 5.72. The fraction of sp³-hybridized carbons (Fsp3) is 0.857. The molecule has 0 aromatic rings. The van der Waals surface area contributed by atoms with Gasteiger partial charge in [0.1, 0.15) is 0 Å². The molecule has 10 heavy (non-hydrogen) atoms. The van der Waals surface area contributed by atoms with E-state index < -0.39 is 0 Å². The summed E-state index contributed by atoms with van der Waals surface area (Å²) >= 11 is 5.66. The highest BCUT2D eigenvalue weighted by Crippen LogP contribution is 2.24. The molecule has 3 heteroatoms. The number of hydrogen-bond acceptors (Lipinski definition) is 2. The van der Waals surface area contributed by atoms with Crippen LogP contribution < -0.4 is 0 Å². The molecule has 0 heterocycles. The fourth-order valence-electron chi connectivity index (χ4n) is 1.21. The number of carbonyl (C=O) groups is 1. The monoisotopic (exact) mass is 162 g/mol. The van der Waals surface area contributed by atoms with Crippen LogP contribution in [0, 0.1) is 5.92 Å². The van der Waals surface area contributed by atoms with Gasteiger partial charge in [0, 0.05) is 13.0 Å². The summed E-state index contributed by atoms with van der Waals surface area (Å²) in [7, 11) is 0. The highest BCUT2D eigenvalue weighted by molar-refractivity contribution is 6.31. The van der Waals surface area contributed by atoms with Crippen molar-refractivity contribution < 1.29 is 9.90 Å². The number of aliphatic hydroxyl groups is 1. The van der Waals surface area contributed by atoms with Crippen molar-refractivity contribution in [3.8, 4) is 0 Å². The largest absolute Gasteiger partial charge is 0.396 e. The van der Waals surface area contributed by atoms with E-state index in [-0.39, 0.29) is 23.7 Å². The molecule has 0 bridgehead atoms. The zero-order chi connectivity index (χ0) is 7.56. The molecule has 0 aliphatic heterocycles. The van der Waals surface area contributed by atoms with Crippen LogP contribution in [-0.2, 0) is 4.79 Å². The summed E-state index contributed by atoms with van der Waals surface area (Å²) in [6, 6.07) is 0.